The van der Waals surface area contributed by atoms with Gasteiger partial charge in [0.05, 0.1) is 0 Å². The first-order valence-electron chi connectivity index (χ1n) is 9.39. The Bertz CT molecular complexity index is 1120. The largest absolute Gasteiger partial charge is 0.508 e. The van der Waals surface area contributed by atoms with Crippen LogP contribution in [-0.4, -0.2) is 24.1 Å². The molecule has 0 aliphatic heterocycles. The van der Waals surface area contributed by atoms with Crippen molar-refractivity contribution in [3.8, 4) is 28.4 Å². The summed E-state index contributed by atoms with van der Waals surface area (Å²) in [5.74, 6) is 1.25. The fourth-order valence-electron chi connectivity index (χ4n) is 3.52. The lowest BCUT2D eigenvalue weighted by Gasteiger charge is -2.15. The first-order chi connectivity index (χ1) is 14.1. The van der Waals surface area contributed by atoms with Crippen LogP contribution in [0, 0.1) is 0 Å². The summed E-state index contributed by atoms with van der Waals surface area (Å²) in [5.41, 5.74) is 4.47. The Morgan fingerprint density at radius 3 is 2.21 bits per heavy atom. The first kappa shape index (κ1) is 18.8. The minimum atomic E-state index is 0.213. The van der Waals surface area contributed by atoms with Crippen LogP contribution in [-0.2, 0) is 11.2 Å². The van der Waals surface area contributed by atoms with Gasteiger partial charge in [-0.05, 0) is 75.8 Å². The first-order valence-corrected chi connectivity index (χ1v) is 9.39. The van der Waals surface area contributed by atoms with Crippen molar-refractivity contribution in [1.82, 2.24) is 0 Å². The number of aromatic hydroxyl groups is 2. The summed E-state index contributed by atoms with van der Waals surface area (Å²) in [6, 6.07) is 24.8. The summed E-state index contributed by atoms with van der Waals surface area (Å²) in [4.78, 5) is 0. The third-order valence-electron chi connectivity index (χ3n) is 4.94. The van der Waals surface area contributed by atoms with E-state index in [9.17, 15) is 10.2 Å². The molecule has 4 heteroatoms. The molecule has 0 amide bonds. The number of phenols is 2. The van der Waals surface area contributed by atoms with E-state index in [1.54, 1.807) is 31.4 Å². The van der Waals surface area contributed by atoms with Gasteiger partial charge in [0.2, 0.25) is 0 Å². The highest BCUT2D eigenvalue weighted by molar-refractivity contribution is 5.93. The van der Waals surface area contributed by atoms with Crippen molar-refractivity contribution < 1.29 is 19.7 Å². The van der Waals surface area contributed by atoms with Crippen LogP contribution in [0.3, 0.4) is 0 Å². The quantitative estimate of drug-likeness (QED) is 0.430. The van der Waals surface area contributed by atoms with E-state index in [-0.39, 0.29) is 18.3 Å². The van der Waals surface area contributed by atoms with Crippen LogP contribution in [0.15, 0.2) is 78.9 Å². The summed E-state index contributed by atoms with van der Waals surface area (Å²) in [7, 11) is 1.59. The maximum absolute atomic E-state index is 9.88. The zero-order valence-electron chi connectivity index (χ0n) is 16.1. The average molecular weight is 386 g/mol. The molecule has 4 aromatic carbocycles. The van der Waals surface area contributed by atoms with Gasteiger partial charge < -0.3 is 19.7 Å². The van der Waals surface area contributed by atoms with Crippen molar-refractivity contribution in [2.75, 3.05) is 13.9 Å². The van der Waals surface area contributed by atoms with E-state index in [1.165, 1.54) is 5.56 Å². The van der Waals surface area contributed by atoms with Crippen molar-refractivity contribution in [3.63, 3.8) is 0 Å². The van der Waals surface area contributed by atoms with Crippen LogP contribution in [0.2, 0.25) is 0 Å². The lowest BCUT2D eigenvalue weighted by Crippen LogP contribution is -1.98. The fourth-order valence-corrected chi connectivity index (χ4v) is 3.52. The van der Waals surface area contributed by atoms with Crippen LogP contribution >= 0.6 is 0 Å². The maximum Gasteiger partial charge on any atom is 0.188 e. The number of ether oxygens (including phenoxy) is 2. The van der Waals surface area contributed by atoms with Gasteiger partial charge in [-0.25, -0.2) is 0 Å². The highest BCUT2D eigenvalue weighted by Crippen LogP contribution is 2.34. The molecule has 4 nitrogen and oxygen atoms in total. The molecule has 0 aromatic heterocycles. The predicted octanol–water partition coefficient (Wildman–Crippen LogP) is 5.49. The average Bonchev–Trinajstić information content (AvgIpc) is 2.74. The van der Waals surface area contributed by atoms with Crippen LogP contribution in [0.5, 0.6) is 17.2 Å². The zero-order valence-corrected chi connectivity index (χ0v) is 16.1. The fraction of sp³-hybridized carbons (Fsp3) is 0.120. The minimum Gasteiger partial charge on any atom is -0.508 e. The normalized spacial score (nSPS) is 10.9. The van der Waals surface area contributed by atoms with Gasteiger partial charge in [-0.15, -0.1) is 0 Å². The summed E-state index contributed by atoms with van der Waals surface area (Å²) in [6.45, 7) is 0.213. The van der Waals surface area contributed by atoms with E-state index in [0.29, 0.717) is 6.42 Å². The smallest absolute Gasteiger partial charge is 0.188 e. The maximum atomic E-state index is 9.88. The van der Waals surface area contributed by atoms with E-state index in [0.717, 1.165) is 33.2 Å². The monoisotopic (exact) mass is 386 g/mol. The molecule has 0 radical (unpaired) electrons. The minimum absolute atomic E-state index is 0.213. The molecule has 2 N–H and O–H groups in total. The highest BCUT2D eigenvalue weighted by atomic mass is 16.7. The van der Waals surface area contributed by atoms with Gasteiger partial charge in [-0.3, -0.25) is 0 Å². The molecule has 0 aliphatic carbocycles. The third-order valence-corrected chi connectivity index (χ3v) is 4.94. The van der Waals surface area contributed by atoms with E-state index >= 15 is 0 Å². The van der Waals surface area contributed by atoms with Crippen molar-refractivity contribution in [2.24, 2.45) is 0 Å². The molecule has 0 saturated carbocycles. The molecular formula is C25H22O4. The van der Waals surface area contributed by atoms with Gasteiger partial charge in [-0.2, -0.15) is 0 Å². The van der Waals surface area contributed by atoms with Crippen LogP contribution in [0.4, 0.5) is 0 Å². The molecule has 4 rings (SSSR count). The molecule has 0 saturated heterocycles. The standard InChI is InChI=1S/C25H22O4/c1-28-16-29-22-10-4-18(5-11-22)23-12-6-19-15-21(27)9-13-24(19)25(23)14-17-2-7-20(26)8-3-17/h2-13,15,26-27H,14,16H2,1H3. The number of methoxy groups -OCH3 is 1. The van der Waals surface area contributed by atoms with Gasteiger partial charge in [0, 0.05) is 7.11 Å². The number of rotatable bonds is 6. The summed E-state index contributed by atoms with van der Waals surface area (Å²) in [6.07, 6.45) is 0.708. The molecule has 0 fully saturated rings. The van der Waals surface area contributed by atoms with E-state index in [4.69, 9.17) is 9.47 Å². The summed E-state index contributed by atoms with van der Waals surface area (Å²) >= 11 is 0. The van der Waals surface area contributed by atoms with Crippen LogP contribution in [0.1, 0.15) is 11.1 Å². The van der Waals surface area contributed by atoms with Gasteiger partial charge in [0.15, 0.2) is 6.79 Å². The third kappa shape index (κ3) is 4.18. The van der Waals surface area contributed by atoms with Gasteiger partial charge in [0.1, 0.15) is 17.2 Å². The summed E-state index contributed by atoms with van der Waals surface area (Å²) in [5, 5.41) is 21.6. The topological polar surface area (TPSA) is 58.9 Å². The Balaban J connectivity index is 1.80. The molecular weight excluding hydrogens is 364 g/mol. The predicted molar refractivity (Wildman–Crippen MR) is 114 cm³/mol. The molecule has 146 valence electrons. The Morgan fingerprint density at radius 1 is 0.759 bits per heavy atom. The Labute approximate surface area is 169 Å². The summed E-state index contributed by atoms with van der Waals surface area (Å²) < 4.78 is 10.4. The van der Waals surface area contributed by atoms with Crippen molar-refractivity contribution in [3.05, 3.63) is 90.0 Å². The highest BCUT2D eigenvalue weighted by Gasteiger charge is 2.12. The molecule has 29 heavy (non-hydrogen) atoms. The lowest BCUT2D eigenvalue weighted by atomic mass is 9.90. The van der Waals surface area contributed by atoms with Crippen LogP contribution in [0.25, 0.3) is 21.9 Å². The number of hydrogen-bond acceptors (Lipinski definition) is 4. The van der Waals surface area contributed by atoms with Crippen LogP contribution < -0.4 is 4.74 Å². The van der Waals surface area contributed by atoms with E-state index in [2.05, 4.69) is 6.07 Å². The molecule has 0 aliphatic rings. The molecule has 0 spiro atoms. The zero-order chi connectivity index (χ0) is 20.2. The van der Waals surface area contributed by atoms with E-state index < -0.39 is 0 Å². The Hall–Kier alpha value is -3.50. The molecule has 4 aromatic rings. The molecule has 0 bridgehead atoms. The second kappa shape index (κ2) is 8.25. The Morgan fingerprint density at radius 2 is 1.48 bits per heavy atom. The number of hydrogen-bond donors (Lipinski definition) is 2. The van der Waals surface area contributed by atoms with Gasteiger partial charge in [-0.1, -0.05) is 42.5 Å². The van der Waals surface area contributed by atoms with E-state index in [1.807, 2.05) is 48.5 Å². The van der Waals surface area contributed by atoms with Gasteiger partial charge in [0.25, 0.3) is 0 Å². The second-order valence-corrected chi connectivity index (χ2v) is 6.92. The van der Waals surface area contributed by atoms with Gasteiger partial charge >= 0.3 is 0 Å². The molecule has 0 unspecified atom stereocenters. The number of benzene rings is 4. The lowest BCUT2D eigenvalue weighted by molar-refractivity contribution is 0.0511. The number of fused-ring (bicyclic) bond motifs is 1. The second-order valence-electron chi connectivity index (χ2n) is 6.92. The number of phenolic OH excluding ortho intramolecular Hbond substituents is 2. The SMILES string of the molecule is COCOc1ccc(-c2ccc3cc(O)ccc3c2Cc2ccc(O)cc2)cc1. The molecule has 0 atom stereocenters. The van der Waals surface area contributed by atoms with Crippen molar-refractivity contribution >= 4 is 10.8 Å². The molecule has 0 heterocycles. The van der Waals surface area contributed by atoms with Crippen molar-refractivity contribution in [2.45, 2.75) is 6.42 Å². The van der Waals surface area contributed by atoms with Crippen molar-refractivity contribution in [1.29, 1.82) is 0 Å². The Kier molecular flexibility index (Phi) is 5.36.